The Kier molecular flexibility index (Phi) is 5.09. The fourth-order valence-corrected chi connectivity index (χ4v) is 4.96. The molecule has 1 fully saturated rings. The van der Waals surface area contributed by atoms with Crippen LogP contribution < -0.4 is 14.2 Å². The lowest BCUT2D eigenvalue weighted by Gasteiger charge is -2.46. The van der Waals surface area contributed by atoms with Crippen LogP contribution in [0.1, 0.15) is 48.2 Å². The van der Waals surface area contributed by atoms with Gasteiger partial charge in [-0.05, 0) is 48.2 Å². The van der Waals surface area contributed by atoms with Crippen molar-refractivity contribution in [2.45, 2.75) is 43.5 Å². The number of aliphatic hydroxyl groups excluding tert-OH is 2. The van der Waals surface area contributed by atoms with Crippen molar-refractivity contribution < 1.29 is 24.4 Å². The summed E-state index contributed by atoms with van der Waals surface area (Å²) in [6.07, 6.45) is 2.12. The first-order valence-corrected chi connectivity index (χ1v) is 10.8. The zero-order valence-corrected chi connectivity index (χ0v) is 17.3. The van der Waals surface area contributed by atoms with Crippen LogP contribution in [-0.2, 0) is 6.42 Å². The molecular formula is C24H29NO5. The second kappa shape index (κ2) is 7.76. The standard InChI is InChI=1S/C24H29NO5/c1-28-18-3-4-19-20(26)14-24(30-23(19)13-18)7-9-25(10-8-24)15-21(27)16-2-5-22-17(12-16)6-11-29-22/h2-5,12-13,20-21,26-27H,6-11,14-15H2,1H3/t20-,21-/m1/s1. The third-order valence-corrected chi connectivity index (χ3v) is 6.77. The number of likely N-dealkylation sites (tertiary alicyclic amines) is 1. The number of aliphatic hydroxyl groups is 2. The van der Waals surface area contributed by atoms with Gasteiger partial charge < -0.3 is 29.3 Å². The molecule has 160 valence electrons. The van der Waals surface area contributed by atoms with E-state index in [9.17, 15) is 10.2 Å². The Morgan fingerprint density at radius 1 is 1.17 bits per heavy atom. The van der Waals surface area contributed by atoms with Crippen LogP contribution in [0, 0.1) is 0 Å². The van der Waals surface area contributed by atoms with Gasteiger partial charge in [-0.1, -0.05) is 6.07 Å². The van der Waals surface area contributed by atoms with E-state index in [4.69, 9.17) is 14.2 Å². The molecule has 5 rings (SSSR count). The van der Waals surface area contributed by atoms with E-state index >= 15 is 0 Å². The van der Waals surface area contributed by atoms with Crippen molar-refractivity contribution in [3.63, 3.8) is 0 Å². The van der Waals surface area contributed by atoms with Gasteiger partial charge in [-0.25, -0.2) is 0 Å². The molecule has 0 aromatic heterocycles. The molecule has 6 heteroatoms. The fraction of sp³-hybridized carbons (Fsp3) is 0.500. The molecule has 30 heavy (non-hydrogen) atoms. The molecule has 0 amide bonds. The van der Waals surface area contributed by atoms with Crippen molar-refractivity contribution in [3.05, 3.63) is 53.1 Å². The molecular weight excluding hydrogens is 382 g/mol. The monoisotopic (exact) mass is 411 g/mol. The average Bonchev–Trinajstić information content (AvgIpc) is 3.23. The zero-order valence-electron chi connectivity index (χ0n) is 17.3. The molecule has 3 aliphatic heterocycles. The summed E-state index contributed by atoms with van der Waals surface area (Å²) in [5.74, 6) is 2.40. The Morgan fingerprint density at radius 2 is 2.00 bits per heavy atom. The number of fused-ring (bicyclic) bond motifs is 2. The highest BCUT2D eigenvalue weighted by Crippen LogP contribution is 2.45. The number of rotatable bonds is 4. The topological polar surface area (TPSA) is 71.4 Å². The molecule has 0 aliphatic carbocycles. The van der Waals surface area contributed by atoms with Crippen molar-refractivity contribution in [1.29, 1.82) is 0 Å². The third kappa shape index (κ3) is 3.64. The lowest BCUT2D eigenvalue weighted by atomic mass is 9.81. The Hall–Kier alpha value is -2.28. The van der Waals surface area contributed by atoms with Gasteiger partial charge in [0.15, 0.2) is 0 Å². The minimum atomic E-state index is -0.523. The summed E-state index contributed by atoms with van der Waals surface area (Å²) in [6.45, 7) is 2.99. The predicted octanol–water partition coefficient (Wildman–Crippen LogP) is 3.01. The Bertz CT molecular complexity index is 922. The first-order chi connectivity index (χ1) is 14.5. The summed E-state index contributed by atoms with van der Waals surface area (Å²) in [7, 11) is 1.63. The van der Waals surface area contributed by atoms with Gasteiger partial charge in [-0.3, -0.25) is 0 Å². The maximum Gasteiger partial charge on any atom is 0.129 e. The molecule has 2 atom stereocenters. The van der Waals surface area contributed by atoms with E-state index in [1.807, 2.05) is 30.3 Å². The lowest BCUT2D eigenvalue weighted by Crippen LogP contribution is -2.51. The molecule has 1 saturated heterocycles. The normalized spacial score (nSPS) is 23.2. The van der Waals surface area contributed by atoms with Crippen molar-refractivity contribution in [3.8, 4) is 17.2 Å². The van der Waals surface area contributed by atoms with Crippen LogP contribution >= 0.6 is 0 Å². The minimum absolute atomic E-state index is 0.356. The minimum Gasteiger partial charge on any atom is -0.497 e. The number of piperidine rings is 1. The first-order valence-electron chi connectivity index (χ1n) is 10.8. The van der Waals surface area contributed by atoms with E-state index in [0.29, 0.717) is 13.0 Å². The van der Waals surface area contributed by atoms with Crippen LogP contribution in [0.5, 0.6) is 17.2 Å². The Labute approximate surface area is 177 Å². The third-order valence-electron chi connectivity index (χ3n) is 6.77. The highest BCUT2D eigenvalue weighted by molar-refractivity contribution is 5.44. The van der Waals surface area contributed by atoms with Gasteiger partial charge in [0.2, 0.25) is 0 Å². The number of hydrogen-bond acceptors (Lipinski definition) is 6. The highest BCUT2D eigenvalue weighted by Gasteiger charge is 2.43. The SMILES string of the molecule is COc1ccc2c(c1)OC1(CCN(C[C@@H](O)c3ccc4c(c3)CCO4)CC1)C[C@H]2O. The van der Waals surface area contributed by atoms with Gasteiger partial charge in [0, 0.05) is 44.1 Å². The molecule has 2 N–H and O–H groups in total. The van der Waals surface area contributed by atoms with Gasteiger partial charge >= 0.3 is 0 Å². The van der Waals surface area contributed by atoms with Crippen molar-refractivity contribution in [2.75, 3.05) is 33.4 Å². The molecule has 2 aromatic rings. The Morgan fingerprint density at radius 3 is 2.80 bits per heavy atom. The molecule has 2 aromatic carbocycles. The zero-order chi connectivity index (χ0) is 20.7. The van der Waals surface area contributed by atoms with Crippen LogP contribution in [0.4, 0.5) is 0 Å². The van der Waals surface area contributed by atoms with Gasteiger partial charge in [0.1, 0.15) is 22.8 Å². The highest BCUT2D eigenvalue weighted by atomic mass is 16.5. The van der Waals surface area contributed by atoms with E-state index < -0.39 is 12.2 Å². The van der Waals surface area contributed by atoms with Crippen molar-refractivity contribution in [2.24, 2.45) is 0 Å². The maximum absolute atomic E-state index is 10.8. The summed E-state index contributed by atoms with van der Waals surface area (Å²) < 4.78 is 17.3. The van der Waals surface area contributed by atoms with Gasteiger partial charge in [0.25, 0.3) is 0 Å². The smallest absolute Gasteiger partial charge is 0.129 e. The molecule has 0 unspecified atom stereocenters. The van der Waals surface area contributed by atoms with Crippen LogP contribution in [0.2, 0.25) is 0 Å². The molecule has 3 aliphatic rings. The number of nitrogens with zero attached hydrogens (tertiary/aromatic N) is 1. The van der Waals surface area contributed by atoms with Crippen LogP contribution in [-0.4, -0.2) is 54.1 Å². The van der Waals surface area contributed by atoms with Gasteiger partial charge in [0.05, 0.1) is 25.9 Å². The first kappa shape index (κ1) is 19.7. The lowest BCUT2D eigenvalue weighted by molar-refractivity contribution is -0.0588. The molecule has 1 spiro atoms. The number of hydrogen-bond donors (Lipinski definition) is 2. The van der Waals surface area contributed by atoms with Crippen molar-refractivity contribution >= 4 is 0 Å². The molecule has 0 saturated carbocycles. The van der Waals surface area contributed by atoms with Crippen LogP contribution in [0.15, 0.2) is 36.4 Å². The second-order valence-electron chi connectivity index (χ2n) is 8.69. The van der Waals surface area contributed by atoms with E-state index in [2.05, 4.69) is 11.0 Å². The second-order valence-corrected chi connectivity index (χ2v) is 8.69. The number of ether oxygens (including phenoxy) is 3. The summed E-state index contributed by atoms with van der Waals surface area (Å²) in [4.78, 5) is 2.29. The predicted molar refractivity (Wildman–Crippen MR) is 112 cm³/mol. The largest absolute Gasteiger partial charge is 0.497 e. The van der Waals surface area contributed by atoms with Crippen molar-refractivity contribution in [1.82, 2.24) is 4.90 Å². The number of methoxy groups -OCH3 is 1. The molecule has 6 nitrogen and oxygen atoms in total. The molecule has 0 bridgehead atoms. The summed E-state index contributed by atoms with van der Waals surface area (Å²) >= 11 is 0. The fourth-order valence-electron chi connectivity index (χ4n) is 4.96. The summed E-state index contributed by atoms with van der Waals surface area (Å²) in [5, 5.41) is 21.5. The molecule has 0 radical (unpaired) electrons. The van der Waals surface area contributed by atoms with Crippen LogP contribution in [0.3, 0.4) is 0 Å². The van der Waals surface area contributed by atoms with Gasteiger partial charge in [-0.2, -0.15) is 0 Å². The average molecular weight is 411 g/mol. The van der Waals surface area contributed by atoms with Crippen LogP contribution in [0.25, 0.3) is 0 Å². The van der Waals surface area contributed by atoms with E-state index in [1.165, 1.54) is 5.56 Å². The molecule has 3 heterocycles. The summed E-state index contributed by atoms with van der Waals surface area (Å²) in [5.41, 5.74) is 2.61. The quantitative estimate of drug-likeness (QED) is 0.806. The number of β-amino-alcohol motifs (C(OH)–C–C–N with tert-alkyl or cyclic N) is 1. The van der Waals surface area contributed by atoms with E-state index in [-0.39, 0.29) is 5.60 Å². The summed E-state index contributed by atoms with van der Waals surface area (Å²) in [6, 6.07) is 11.6. The Balaban J connectivity index is 1.23. The maximum atomic E-state index is 10.8. The van der Waals surface area contributed by atoms with E-state index in [0.717, 1.165) is 67.3 Å². The van der Waals surface area contributed by atoms with E-state index in [1.54, 1.807) is 7.11 Å². The number of benzene rings is 2. The van der Waals surface area contributed by atoms with Gasteiger partial charge in [-0.15, -0.1) is 0 Å².